The third kappa shape index (κ3) is 4.51. The Morgan fingerprint density at radius 1 is 1.23 bits per heavy atom. The highest BCUT2D eigenvalue weighted by Gasteiger charge is 2.32. The summed E-state index contributed by atoms with van der Waals surface area (Å²) in [5.74, 6) is 2.26. The normalized spacial score (nSPS) is 16.7. The zero-order valence-electron chi connectivity index (χ0n) is 15.6. The Labute approximate surface area is 159 Å². The van der Waals surface area contributed by atoms with Crippen LogP contribution in [0.3, 0.4) is 0 Å². The van der Waals surface area contributed by atoms with Crippen LogP contribution in [0.4, 0.5) is 0 Å². The number of rotatable bonds is 8. The van der Waals surface area contributed by atoms with E-state index in [4.69, 9.17) is 14.2 Å². The Hall–Kier alpha value is -1.72. The fourth-order valence-corrected chi connectivity index (χ4v) is 3.96. The number of carbonyl (C=O) groups excluding carboxylic acids is 1. The molecule has 5 heteroatoms. The van der Waals surface area contributed by atoms with Gasteiger partial charge in [0.1, 0.15) is 12.4 Å². The van der Waals surface area contributed by atoms with Gasteiger partial charge in [-0.1, -0.05) is 31.2 Å². The van der Waals surface area contributed by atoms with Crippen molar-refractivity contribution in [1.29, 1.82) is 0 Å². The van der Waals surface area contributed by atoms with E-state index < -0.39 is 0 Å². The summed E-state index contributed by atoms with van der Waals surface area (Å²) in [5, 5.41) is 2.19. The van der Waals surface area contributed by atoms with Crippen LogP contribution >= 0.6 is 11.8 Å². The Morgan fingerprint density at radius 2 is 1.96 bits per heavy atom. The lowest BCUT2D eigenvalue weighted by molar-refractivity contribution is -0.144. The van der Waals surface area contributed by atoms with Gasteiger partial charge < -0.3 is 14.2 Å². The molecule has 1 fully saturated rings. The molecule has 0 saturated carbocycles. The molecule has 1 heterocycles. The fraction of sp³-hybridized carbons (Fsp3) is 0.476. The van der Waals surface area contributed by atoms with Crippen LogP contribution in [0, 0.1) is 5.41 Å². The lowest BCUT2D eigenvalue weighted by Gasteiger charge is -2.37. The fourth-order valence-electron chi connectivity index (χ4n) is 2.95. The minimum Gasteiger partial charge on any atom is -0.497 e. The van der Waals surface area contributed by atoms with Crippen molar-refractivity contribution in [2.45, 2.75) is 19.8 Å². The highest BCUT2D eigenvalue weighted by atomic mass is 32.2. The molecule has 0 spiro atoms. The molecule has 0 N–H and O–H groups in total. The molecular weight excluding hydrogens is 348 g/mol. The number of thioether (sulfide) groups is 1. The monoisotopic (exact) mass is 374 g/mol. The zero-order valence-corrected chi connectivity index (χ0v) is 16.4. The summed E-state index contributed by atoms with van der Waals surface area (Å²) in [6, 6.07) is 12.0. The summed E-state index contributed by atoms with van der Waals surface area (Å²) in [5.41, 5.74) is 1.27. The molecule has 26 heavy (non-hydrogen) atoms. The van der Waals surface area contributed by atoms with Gasteiger partial charge in [-0.3, -0.25) is 4.79 Å². The van der Waals surface area contributed by atoms with Gasteiger partial charge in [-0.15, -0.1) is 0 Å². The van der Waals surface area contributed by atoms with Crippen LogP contribution in [0.25, 0.3) is 10.8 Å². The second kappa shape index (κ2) is 8.31. The first-order valence-corrected chi connectivity index (χ1v) is 10.1. The van der Waals surface area contributed by atoms with Crippen LogP contribution in [0.2, 0.25) is 0 Å². The van der Waals surface area contributed by atoms with Crippen molar-refractivity contribution in [3.05, 3.63) is 42.0 Å². The topological polar surface area (TPSA) is 44.8 Å². The van der Waals surface area contributed by atoms with Gasteiger partial charge in [-0.05, 0) is 35.4 Å². The number of hydrogen-bond acceptors (Lipinski definition) is 5. The number of carbonyl (C=O) groups is 1. The summed E-state index contributed by atoms with van der Waals surface area (Å²) >= 11 is 1.82. The van der Waals surface area contributed by atoms with Gasteiger partial charge in [0.2, 0.25) is 0 Å². The van der Waals surface area contributed by atoms with Crippen LogP contribution in [-0.4, -0.2) is 44.4 Å². The summed E-state index contributed by atoms with van der Waals surface area (Å²) < 4.78 is 16.0. The molecule has 0 radical (unpaired) electrons. The van der Waals surface area contributed by atoms with E-state index in [9.17, 15) is 4.79 Å². The lowest BCUT2D eigenvalue weighted by Crippen LogP contribution is -2.41. The third-order valence-electron chi connectivity index (χ3n) is 4.75. The van der Waals surface area contributed by atoms with Gasteiger partial charge >= 0.3 is 5.97 Å². The van der Waals surface area contributed by atoms with Crippen molar-refractivity contribution in [2.24, 2.45) is 5.41 Å². The molecule has 140 valence electrons. The highest BCUT2D eigenvalue weighted by Crippen LogP contribution is 2.30. The second-order valence-corrected chi connectivity index (χ2v) is 8.32. The molecule has 3 rings (SSSR count). The van der Waals surface area contributed by atoms with Crippen molar-refractivity contribution < 1.29 is 19.0 Å². The molecule has 0 aromatic heterocycles. The molecule has 0 bridgehead atoms. The highest BCUT2D eigenvalue weighted by molar-refractivity contribution is 7.99. The molecule has 1 aliphatic heterocycles. The molecule has 4 nitrogen and oxygen atoms in total. The van der Waals surface area contributed by atoms with Crippen LogP contribution in [0.5, 0.6) is 5.75 Å². The Morgan fingerprint density at radius 3 is 2.65 bits per heavy atom. The molecule has 1 atom stereocenters. The number of hydrogen-bond donors (Lipinski definition) is 0. The van der Waals surface area contributed by atoms with Crippen molar-refractivity contribution in [2.75, 3.05) is 38.4 Å². The molecule has 2 aromatic rings. The van der Waals surface area contributed by atoms with Gasteiger partial charge in [0.25, 0.3) is 0 Å². The Bertz CT molecular complexity index is 770. The molecule has 0 unspecified atom stereocenters. The van der Waals surface area contributed by atoms with Gasteiger partial charge in [0, 0.05) is 16.9 Å². The maximum atomic E-state index is 12.3. The number of fused-ring (bicyclic) bond motifs is 1. The zero-order chi connectivity index (χ0) is 18.6. The molecular formula is C21H26O4S. The van der Waals surface area contributed by atoms with Crippen LogP contribution in [0.15, 0.2) is 36.4 Å². The number of esters is 1. The Kier molecular flexibility index (Phi) is 6.09. The first kappa shape index (κ1) is 19.1. The SMILES string of the molecule is COc1ccc2cc([C@H](C)C(=O)OCCSCC3(C)COC3)ccc2c1. The maximum Gasteiger partial charge on any atom is 0.313 e. The predicted molar refractivity (Wildman–Crippen MR) is 106 cm³/mol. The number of ether oxygens (including phenoxy) is 3. The molecule has 1 aliphatic rings. The van der Waals surface area contributed by atoms with E-state index in [-0.39, 0.29) is 11.9 Å². The van der Waals surface area contributed by atoms with Crippen molar-refractivity contribution in [3.63, 3.8) is 0 Å². The molecule has 0 aliphatic carbocycles. The summed E-state index contributed by atoms with van der Waals surface area (Å²) in [6.45, 7) is 6.25. The predicted octanol–water partition coefficient (Wildman–Crippen LogP) is 4.26. The molecule has 2 aromatic carbocycles. The number of benzene rings is 2. The average Bonchev–Trinajstić information content (AvgIpc) is 2.64. The average molecular weight is 375 g/mol. The van der Waals surface area contributed by atoms with Crippen molar-refractivity contribution in [3.8, 4) is 5.75 Å². The van der Waals surface area contributed by atoms with E-state index >= 15 is 0 Å². The third-order valence-corrected chi connectivity index (χ3v) is 6.10. The standard InChI is InChI=1S/C21H26O4S/c1-15(20(22)25-8-9-26-14-21(2)12-24-13-21)16-4-5-18-11-19(23-3)7-6-17(18)10-16/h4-7,10-11,15H,8-9,12-14H2,1-3H3/t15-/m0/s1. The molecule has 1 saturated heterocycles. The smallest absolute Gasteiger partial charge is 0.313 e. The van der Waals surface area contributed by atoms with Gasteiger partial charge in [0.15, 0.2) is 0 Å². The first-order valence-electron chi connectivity index (χ1n) is 8.91. The largest absolute Gasteiger partial charge is 0.497 e. The van der Waals surface area contributed by atoms with Gasteiger partial charge in [0.05, 0.1) is 26.2 Å². The second-order valence-electron chi connectivity index (χ2n) is 7.22. The molecule has 0 amide bonds. The van der Waals surface area contributed by atoms with Crippen LogP contribution in [0.1, 0.15) is 25.3 Å². The van der Waals surface area contributed by atoms with Crippen LogP contribution < -0.4 is 4.74 Å². The van der Waals surface area contributed by atoms with E-state index in [1.54, 1.807) is 7.11 Å². The summed E-state index contributed by atoms with van der Waals surface area (Å²) in [7, 11) is 1.66. The van der Waals surface area contributed by atoms with Crippen molar-refractivity contribution in [1.82, 2.24) is 0 Å². The van der Waals surface area contributed by atoms with Gasteiger partial charge in [-0.2, -0.15) is 11.8 Å². The van der Waals surface area contributed by atoms with Crippen LogP contribution in [-0.2, 0) is 14.3 Å². The minimum absolute atomic E-state index is 0.170. The van der Waals surface area contributed by atoms with E-state index in [2.05, 4.69) is 6.92 Å². The van der Waals surface area contributed by atoms with E-state index in [1.165, 1.54) is 0 Å². The summed E-state index contributed by atoms with van der Waals surface area (Å²) in [4.78, 5) is 12.3. The maximum absolute atomic E-state index is 12.3. The van der Waals surface area contributed by atoms with E-state index in [0.29, 0.717) is 12.0 Å². The van der Waals surface area contributed by atoms with Crippen molar-refractivity contribution >= 4 is 28.5 Å². The summed E-state index contributed by atoms with van der Waals surface area (Å²) in [6.07, 6.45) is 0. The quantitative estimate of drug-likeness (QED) is 0.510. The number of methoxy groups -OCH3 is 1. The first-order chi connectivity index (χ1) is 12.5. The lowest BCUT2D eigenvalue weighted by atomic mass is 9.92. The van der Waals surface area contributed by atoms with Gasteiger partial charge in [-0.25, -0.2) is 0 Å². The van der Waals surface area contributed by atoms with E-state index in [1.807, 2.05) is 55.1 Å². The van der Waals surface area contributed by atoms with E-state index in [0.717, 1.165) is 46.8 Å². The minimum atomic E-state index is -0.274. The Balaban J connectivity index is 1.50.